The van der Waals surface area contributed by atoms with Gasteiger partial charge in [0.15, 0.2) is 0 Å². The molecule has 4 heteroatoms. The SMILES string of the molecule is CCCCC(CCC(C)C)OC(=O)c1cc(C)c(C)cc1C(=O)O. The Hall–Kier alpha value is -1.84. The number of esters is 1. The van der Waals surface area contributed by atoms with Crippen LogP contribution in [0, 0.1) is 19.8 Å². The molecule has 0 saturated heterocycles. The number of ether oxygens (including phenoxy) is 1. The van der Waals surface area contributed by atoms with Crippen molar-refractivity contribution < 1.29 is 19.4 Å². The van der Waals surface area contributed by atoms with E-state index in [9.17, 15) is 14.7 Å². The summed E-state index contributed by atoms with van der Waals surface area (Å²) in [4.78, 5) is 24.0. The van der Waals surface area contributed by atoms with Gasteiger partial charge >= 0.3 is 11.9 Å². The van der Waals surface area contributed by atoms with E-state index in [1.807, 2.05) is 13.8 Å². The van der Waals surface area contributed by atoms with Gasteiger partial charge in [-0.15, -0.1) is 0 Å². The number of rotatable bonds is 9. The quantitative estimate of drug-likeness (QED) is 0.634. The van der Waals surface area contributed by atoms with Gasteiger partial charge in [0.05, 0.1) is 11.1 Å². The van der Waals surface area contributed by atoms with Crippen molar-refractivity contribution in [3.8, 4) is 0 Å². The Morgan fingerprint density at radius 2 is 1.62 bits per heavy atom. The summed E-state index contributed by atoms with van der Waals surface area (Å²) in [6.07, 6.45) is 4.51. The van der Waals surface area contributed by atoms with Crippen LogP contribution in [0.3, 0.4) is 0 Å². The summed E-state index contributed by atoms with van der Waals surface area (Å²) < 4.78 is 5.67. The summed E-state index contributed by atoms with van der Waals surface area (Å²) in [6, 6.07) is 3.17. The lowest BCUT2D eigenvalue weighted by atomic mass is 9.99. The van der Waals surface area contributed by atoms with Gasteiger partial charge in [-0.2, -0.15) is 0 Å². The molecule has 0 radical (unpaired) electrons. The number of unbranched alkanes of at least 4 members (excludes halogenated alkanes) is 1. The monoisotopic (exact) mass is 334 g/mol. The number of benzene rings is 1. The fourth-order valence-electron chi connectivity index (χ4n) is 2.59. The molecule has 0 aliphatic carbocycles. The number of carboxylic acid groups (broad SMARTS) is 1. The van der Waals surface area contributed by atoms with Crippen LogP contribution < -0.4 is 0 Å². The highest BCUT2D eigenvalue weighted by Gasteiger charge is 2.22. The van der Waals surface area contributed by atoms with Gasteiger partial charge in [0, 0.05) is 0 Å². The molecule has 0 bridgehead atoms. The molecule has 0 saturated carbocycles. The smallest absolute Gasteiger partial charge is 0.339 e. The first-order valence-electron chi connectivity index (χ1n) is 8.81. The van der Waals surface area contributed by atoms with Gasteiger partial charge in [-0.3, -0.25) is 0 Å². The molecule has 0 aliphatic heterocycles. The van der Waals surface area contributed by atoms with Crippen molar-refractivity contribution in [1.82, 2.24) is 0 Å². The van der Waals surface area contributed by atoms with E-state index in [0.29, 0.717) is 5.92 Å². The predicted molar refractivity (Wildman–Crippen MR) is 95.7 cm³/mol. The third-order valence-corrected chi connectivity index (χ3v) is 4.30. The highest BCUT2D eigenvalue weighted by Crippen LogP contribution is 2.21. The van der Waals surface area contributed by atoms with Gasteiger partial charge in [-0.1, -0.05) is 33.6 Å². The Morgan fingerprint density at radius 1 is 1.04 bits per heavy atom. The lowest BCUT2D eigenvalue weighted by molar-refractivity contribution is 0.0238. The molecule has 0 aromatic heterocycles. The summed E-state index contributed by atoms with van der Waals surface area (Å²) in [5.41, 5.74) is 1.91. The van der Waals surface area contributed by atoms with Crippen LogP contribution in [0.1, 0.15) is 84.7 Å². The van der Waals surface area contributed by atoms with Crippen molar-refractivity contribution in [2.24, 2.45) is 5.92 Å². The number of carboxylic acids is 1. The Labute approximate surface area is 145 Å². The van der Waals surface area contributed by atoms with Crippen LogP contribution in [0.2, 0.25) is 0 Å². The fourth-order valence-corrected chi connectivity index (χ4v) is 2.59. The Kier molecular flexibility index (Phi) is 7.96. The lowest BCUT2D eigenvalue weighted by Crippen LogP contribution is -2.21. The minimum atomic E-state index is -1.10. The second-order valence-electron chi connectivity index (χ2n) is 6.93. The minimum absolute atomic E-state index is 0.0150. The van der Waals surface area contributed by atoms with Crippen molar-refractivity contribution >= 4 is 11.9 Å². The Balaban J connectivity index is 2.97. The lowest BCUT2D eigenvalue weighted by Gasteiger charge is -2.20. The standard InChI is InChI=1S/C20H30O4/c1-6-7-8-16(10-9-13(2)3)24-20(23)18-12-15(5)14(4)11-17(18)19(21)22/h11-13,16H,6-10H2,1-5H3,(H,21,22). The maximum absolute atomic E-state index is 12.6. The molecule has 1 aromatic rings. The summed E-state index contributed by atoms with van der Waals surface area (Å²) in [5.74, 6) is -1.08. The van der Waals surface area contributed by atoms with E-state index in [-0.39, 0.29) is 17.2 Å². The molecule has 1 rings (SSSR count). The molecule has 1 N–H and O–H groups in total. The molecular weight excluding hydrogens is 304 g/mol. The van der Waals surface area contributed by atoms with Gasteiger partial charge in [0.25, 0.3) is 0 Å². The van der Waals surface area contributed by atoms with Crippen LogP contribution in [0.25, 0.3) is 0 Å². The van der Waals surface area contributed by atoms with Crippen LogP contribution in [0.15, 0.2) is 12.1 Å². The number of carbonyl (C=O) groups excluding carboxylic acids is 1. The minimum Gasteiger partial charge on any atom is -0.478 e. The third-order valence-electron chi connectivity index (χ3n) is 4.30. The normalized spacial score (nSPS) is 12.2. The highest BCUT2D eigenvalue weighted by atomic mass is 16.5. The Bertz CT molecular complexity index is 575. The van der Waals surface area contributed by atoms with E-state index < -0.39 is 11.9 Å². The number of aromatic carboxylic acids is 1. The van der Waals surface area contributed by atoms with E-state index in [2.05, 4.69) is 20.8 Å². The molecule has 1 unspecified atom stereocenters. The van der Waals surface area contributed by atoms with Crippen molar-refractivity contribution in [1.29, 1.82) is 0 Å². The second-order valence-corrected chi connectivity index (χ2v) is 6.93. The molecular formula is C20H30O4. The second kappa shape index (κ2) is 9.45. The number of aryl methyl sites for hydroxylation is 2. The van der Waals surface area contributed by atoms with E-state index in [0.717, 1.165) is 43.2 Å². The maximum Gasteiger partial charge on any atom is 0.339 e. The van der Waals surface area contributed by atoms with Crippen molar-refractivity contribution in [3.05, 3.63) is 34.4 Å². The van der Waals surface area contributed by atoms with E-state index in [1.165, 1.54) is 0 Å². The summed E-state index contributed by atoms with van der Waals surface area (Å²) in [5, 5.41) is 9.37. The van der Waals surface area contributed by atoms with Gasteiger partial charge in [0.2, 0.25) is 0 Å². The van der Waals surface area contributed by atoms with Crippen LogP contribution in [0.5, 0.6) is 0 Å². The molecule has 0 spiro atoms. The van der Waals surface area contributed by atoms with E-state index in [4.69, 9.17) is 4.74 Å². The van der Waals surface area contributed by atoms with E-state index >= 15 is 0 Å². The summed E-state index contributed by atoms with van der Waals surface area (Å²) in [7, 11) is 0. The summed E-state index contributed by atoms with van der Waals surface area (Å²) in [6.45, 7) is 10.1. The first-order chi connectivity index (χ1) is 11.3. The zero-order valence-corrected chi connectivity index (χ0v) is 15.5. The van der Waals surface area contributed by atoms with Gasteiger partial charge in [0.1, 0.15) is 6.10 Å². The maximum atomic E-state index is 12.6. The largest absolute Gasteiger partial charge is 0.478 e. The highest BCUT2D eigenvalue weighted by molar-refractivity contribution is 6.02. The average molecular weight is 334 g/mol. The average Bonchev–Trinajstić information content (AvgIpc) is 2.51. The van der Waals surface area contributed by atoms with Gasteiger partial charge in [-0.25, -0.2) is 9.59 Å². The van der Waals surface area contributed by atoms with Crippen LogP contribution in [-0.2, 0) is 4.74 Å². The fraction of sp³-hybridized carbons (Fsp3) is 0.600. The number of hydrogen-bond acceptors (Lipinski definition) is 3. The topological polar surface area (TPSA) is 63.6 Å². The van der Waals surface area contributed by atoms with E-state index in [1.54, 1.807) is 12.1 Å². The van der Waals surface area contributed by atoms with Crippen LogP contribution in [0.4, 0.5) is 0 Å². The van der Waals surface area contributed by atoms with Gasteiger partial charge < -0.3 is 9.84 Å². The first-order valence-corrected chi connectivity index (χ1v) is 8.81. The molecule has 1 aromatic carbocycles. The predicted octanol–water partition coefficient (Wildman–Crippen LogP) is 5.15. The molecule has 0 amide bonds. The van der Waals surface area contributed by atoms with Gasteiger partial charge in [-0.05, 0) is 62.3 Å². The van der Waals surface area contributed by atoms with Crippen LogP contribution >= 0.6 is 0 Å². The molecule has 4 nitrogen and oxygen atoms in total. The number of carbonyl (C=O) groups is 2. The third kappa shape index (κ3) is 5.99. The van der Waals surface area contributed by atoms with Crippen molar-refractivity contribution in [2.75, 3.05) is 0 Å². The van der Waals surface area contributed by atoms with Crippen LogP contribution in [-0.4, -0.2) is 23.1 Å². The molecule has 0 heterocycles. The molecule has 1 atom stereocenters. The first kappa shape index (κ1) is 20.2. The molecule has 134 valence electrons. The van der Waals surface area contributed by atoms with Crippen molar-refractivity contribution in [3.63, 3.8) is 0 Å². The Morgan fingerprint density at radius 3 is 2.12 bits per heavy atom. The summed E-state index contributed by atoms with van der Waals surface area (Å²) >= 11 is 0. The zero-order chi connectivity index (χ0) is 18.3. The van der Waals surface area contributed by atoms with Crippen molar-refractivity contribution in [2.45, 2.75) is 72.8 Å². The molecule has 0 aliphatic rings. The molecule has 0 fully saturated rings. The zero-order valence-electron chi connectivity index (χ0n) is 15.5. The number of hydrogen-bond donors (Lipinski definition) is 1. The molecule has 24 heavy (non-hydrogen) atoms.